The van der Waals surface area contributed by atoms with Gasteiger partial charge in [0.1, 0.15) is 6.33 Å². The molecule has 0 spiro atoms. The summed E-state index contributed by atoms with van der Waals surface area (Å²) in [5.41, 5.74) is 1.57. The third kappa shape index (κ3) is 2.00. The molecule has 0 bridgehead atoms. The van der Waals surface area contributed by atoms with Gasteiger partial charge in [-0.3, -0.25) is 4.79 Å². The summed E-state index contributed by atoms with van der Waals surface area (Å²) in [7, 11) is 1.89. The van der Waals surface area contributed by atoms with E-state index in [0.29, 0.717) is 25.9 Å². The van der Waals surface area contributed by atoms with Crippen molar-refractivity contribution < 1.29 is 9.90 Å². The van der Waals surface area contributed by atoms with Gasteiger partial charge >= 0.3 is 5.97 Å². The van der Waals surface area contributed by atoms with E-state index in [0.717, 1.165) is 17.0 Å². The summed E-state index contributed by atoms with van der Waals surface area (Å²) in [5.74, 6) is -0.142. The van der Waals surface area contributed by atoms with E-state index in [2.05, 4.69) is 19.9 Å². The maximum Gasteiger partial charge on any atom is 0.306 e. The molecule has 2 aromatic rings. The monoisotopic (exact) mass is 261 g/mol. The lowest BCUT2D eigenvalue weighted by molar-refractivity contribution is -0.142. The molecule has 2 aromatic heterocycles. The van der Waals surface area contributed by atoms with Gasteiger partial charge in [-0.05, 0) is 12.8 Å². The highest BCUT2D eigenvalue weighted by molar-refractivity contribution is 5.83. The standard InChI is InChI=1S/C12H15N5O2/c1-16-7-15-9-10(16)13-6-14-11(9)17-4-2-8(3-5-17)12(18)19/h6-8H,2-5H2,1H3,(H,18,19). The first-order valence-electron chi connectivity index (χ1n) is 6.26. The first-order valence-corrected chi connectivity index (χ1v) is 6.26. The zero-order chi connectivity index (χ0) is 13.4. The van der Waals surface area contributed by atoms with Crippen LogP contribution in [0.2, 0.25) is 0 Å². The second-order valence-electron chi connectivity index (χ2n) is 4.82. The molecule has 0 unspecified atom stereocenters. The number of rotatable bonds is 2. The largest absolute Gasteiger partial charge is 0.481 e. The smallest absolute Gasteiger partial charge is 0.306 e. The Morgan fingerprint density at radius 1 is 1.32 bits per heavy atom. The van der Waals surface area contributed by atoms with Gasteiger partial charge in [0.15, 0.2) is 17.0 Å². The number of carboxylic acids is 1. The summed E-state index contributed by atoms with van der Waals surface area (Å²) in [6, 6.07) is 0. The highest BCUT2D eigenvalue weighted by Gasteiger charge is 2.26. The Hall–Kier alpha value is -2.18. The number of nitrogens with zero attached hydrogens (tertiary/aromatic N) is 5. The second kappa shape index (κ2) is 4.49. The average Bonchev–Trinajstić information content (AvgIpc) is 2.81. The second-order valence-corrected chi connectivity index (χ2v) is 4.82. The number of aromatic nitrogens is 4. The Kier molecular flexibility index (Phi) is 2.81. The third-order valence-electron chi connectivity index (χ3n) is 3.62. The predicted octanol–water partition coefficient (Wildman–Crippen LogP) is 0.664. The predicted molar refractivity (Wildman–Crippen MR) is 68.9 cm³/mol. The first kappa shape index (κ1) is 11.9. The van der Waals surface area contributed by atoms with Crippen LogP contribution in [-0.2, 0) is 11.8 Å². The van der Waals surface area contributed by atoms with E-state index in [4.69, 9.17) is 5.11 Å². The molecule has 0 saturated carbocycles. The molecule has 0 aromatic carbocycles. The van der Waals surface area contributed by atoms with Crippen LogP contribution in [0.15, 0.2) is 12.7 Å². The summed E-state index contributed by atoms with van der Waals surface area (Å²) >= 11 is 0. The Bertz CT molecular complexity index is 616. The van der Waals surface area contributed by atoms with Crippen LogP contribution in [0.5, 0.6) is 0 Å². The summed E-state index contributed by atoms with van der Waals surface area (Å²) in [6.45, 7) is 1.39. The van der Waals surface area contributed by atoms with Gasteiger partial charge in [-0.2, -0.15) is 0 Å². The molecular weight excluding hydrogens is 246 g/mol. The molecule has 0 aliphatic carbocycles. The Morgan fingerprint density at radius 3 is 2.74 bits per heavy atom. The molecule has 1 N–H and O–H groups in total. The van der Waals surface area contributed by atoms with E-state index in [-0.39, 0.29) is 5.92 Å². The van der Waals surface area contributed by atoms with Crippen LogP contribution >= 0.6 is 0 Å². The highest BCUT2D eigenvalue weighted by atomic mass is 16.4. The zero-order valence-corrected chi connectivity index (χ0v) is 10.7. The fourth-order valence-electron chi connectivity index (χ4n) is 2.50. The molecule has 1 saturated heterocycles. The highest BCUT2D eigenvalue weighted by Crippen LogP contribution is 2.26. The normalized spacial score (nSPS) is 17.0. The van der Waals surface area contributed by atoms with Crippen LogP contribution < -0.4 is 4.90 Å². The molecule has 19 heavy (non-hydrogen) atoms. The number of aliphatic carboxylic acids is 1. The molecular formula is C12H15N5O2. The van der Waals surface area contributed by atoms with Crippen LogP contribution in [0.4, 0.5) is 5.82 Å². The van der Waals surface area contributed by atoms with Gasteiger partial charge in [0, 0.05) is 20.1 Å². The molecule has 100 valence electrons. The van der Waals surface area contributed by atoms with Gasteiger partial charge in [0.2, 0.25) is 0 Å². The molecule has 1 aliphatic rings. The van der Waals surface area contributed by atoms with Crippen LogP contribution in [-0.4, -0.2) is 43.7 Å². The van der Waals surface area contributed by atoms with Crippen molar-refractivity contribution in [3.8, 4) is 0 Å². The van der Waals surface area contributed by atoms with Gasteiger partial charge in [-0.25, -0.2) is 15.0 Å². The number of aryl methyl sites for hydroxylation is 1. The van der Waals surface area contributed by atoms with Crippen LogP contribution in [0.3, 0.4) is 0 Å². The minimum atomic E-state index is -0.703. The van der Waals surface area contributed by atoms with E-state index in [1.807, 2.05) is 11.6 Å². The Labute approximate surface area is 109 Å². The number of imidazole rings is 1. The lowest BCUT2D eigenvalue weighted by Crippen LogP contribution is -2.36. The third-order valence-corrected chi connectivity index (χ3v) is 3.62. The SMILES string of the molecule is Cn1cnc2c(N3CCC(C(=O)O)CC3)ncnc21. The molecule has 1 aliphatic heterocycles. The lowest BCUT2D eigenvalue weighted by Gasteiger charge is -2.30. The number of hydrogen-bond donors (Lipinski definition) is 1. The molecule has 0 atom stereocenters. The molecule has 0 amide bonds. The van der Waals surface area contributed by atoms with Crippen molar-refractivity contribution in [3.05, 3.63) is 12.7 Å². The van der Waals surface area contributed by atoms with Crippen molar-refractivity contribution in [1.82, 2.24) is 19.5 Å². The number of carboxylic acid groups (broad SMARTS) is 1. The number of piperidine rings is 1. The topological polar surface area (TPSA) is 84.1 Å². The lowest BCUT2D eigenvalue weighted by atomic mass is 9.97. The number of hydrogen-bond acceptors (Lipinski definition) is 5. The first-order chi connectivity index (χ1) is 9.16. The summed E-state index contributed by atoms with van der Waals surface area (Å²) in [5, 5.41) is 9.01. The van der Waals surface area contributed by atoms with Crippen molar-refractivity contribution in [3.63, 3.8) is 0 Å². The fourth-order valence-corrected chi connectivity index (χ4v) is 2.50. The number of fused-ring (bicyclic) bond motifs is 1. The van der Waals surface area contributed by atoms with Gasteiger partial charge in [-0.1, -0.05) is 0 Å². The number of anilines is 1. The molecule has 7 heteroatoms. The molecule has 0 radical (unpaired) electrons. The molecule has 3 heterocycles. The summed E-state index contributed by atoms with van der Waals surface area (Å²) in [6.07, 6.45) is 4.54. The Balaban J connectivity index is 1.88. The van der Waals surface area contributed by atoms with Crippen molar-refractivity contribution in [1.29, 1.82) is 0 Å². The van der Waals surface area contributed by atoms with E-state index < -0.39 is 5.97 Å². The summed E-state index contributed by atoms with van der Waals surface area (Å²) in [4.78, 5) is 25.9. The minimum absolute atomic E-state index is 0.239. The van der Waals surface area contributed by atoms with E-state index in [9.17, 15) is 4.79 Å². The van der Waals surface area contributed by atoms with Crippen molar-refractivity contribution >= 4 is 23.0 Å². The maximum atomic E-state index is 11.0. The van der Waals surface area contributed by atoms with Crippen molar-refractivity contribution in [2.75, 3.05) is 18.0 Å². The Morgan fingerprint density at radius 2 is 2.05 bits per heavy atom. The van der Waals surface area contributed by atoms with Crippen molar-refractivity contribution in [2.24, 2.45) is 13.0 Å². The quantitative estimate of drug-likeness (QED) is 0.855. The van der Waals surface area contributed by atoms with E-state index in [1.165, 1.54) is 6.33 Å². The molecule has 1 fully saturated rings. The molecule has 3 rings (SSSR count). The average molecular weight is 261 g/mol. The number of carbonyl (C=O) groups is 1. The van der Waals surface area contributed by atoms with Crippen LogP contribution in [0.25, 0.3) is 11.2 Å². The van der Waals surface area contributed by atoms with Crippen LogP contribution in [0.1, 0.15) is 12.8 Å². The summed E-state index contributed by atoms with van der Waals surface area (Å²) < 4.78 is 1.85. The minimum Gasteiger partial charge on any atom is -0.481 e. The van der Waals surface area contributed by atoms with Gasteiger partial charge in [0.05, 0.1) is 12.2 Å². The van der Waals surface area contributed by atoms with Gasteiger partial charge in [-0.15, -0.1) is 0 Å². The van der Waals surface area contributed by atoms with Gasteiger partial charge < -0.3 is 14.6 Å². The van der Waals surface area contributed by atoms with Gasteiger partial charge in [0.25, 0.3) is 0 Å². The van der Waals surface area contributed by atoms with Crippen molar-refractivity contribution in [2.45, 2.75) is 12.8 Å². The van der Waals surface area contributed by atoms with E-state index >= 15 is 0 Å². The molecule has 7 nitrogen and oxygen atoms in total. The van der Waals surface area contributed by atoms with Crippen LogP contribution in [0, 0.1) is 5.92 Å². The van der Waals surface area contributed by atoms with E-state index in [1.54, 1.807) is 6.33 Å². The maximum absolute atomic E-state index is 11.0. The fraction of sp³-hybridized carbons (Fsp3) is 0.500. The zero-order valence-electron chi connectivity index (χ0n) is 10.7.